The van der Waals surface area contributed by atoms with Crippen molar-refractivity contribution in [2.24, 2.45) is 0 Å². The van der Waals surface area contributed by atoms with Gasteiger partial charge in [-0.2, -0.15) is 0 Å². The Morgan fingerprint density at radius 3 is 2.50 bits per heavy atom. The molecule has 3 N–H and O–H groups in total. The Morgan fingerprint density at radius 2 is 2.00 bits per heavy atom. The zero-order valence-corrected chi connectivity index (χ0v) is 9.12. The monoisotopic (exact) mass is 254 g/mol. The molecule has 0 aliphatic carbocycles. The minimum Gasteiger partial charge on any atom is -0.481 e. The van der Waals surface area contributed by atoms with E-state index in [-0.39, 0.29) is 24.2 Å². The van der Waals surface area contributed by atoms with Gasteiger partial charge in [0.05, 0.1) is 16.9 Å². The molecule has 8 heteroatoms. The number of nitro benzene ring substituents is 1. The third-order valence-electron chi connectivity index (χ3n) is 2.10. The highest BCUT2D eigenvalue weighted by Crippen LogP contribution is 2.25. The van der Waals surface area contributed by atoms with Crippen molar-refractivity contribution in [2.45, 2.75) is 6.42 Å². The predicted molar refractivity (Wildman–Crippen MR) is 60.8 cm³/mol. The molecule has 0 saturated heterocycles. The molecule has 0 heterocycles. The van der Waals surface area contributed by atoms with Gasteiger partial charge in [0.25, 0.3) is 5.69 Å². The fourth-order valence-electron chi connectivity index (χ4n) is 1.27. The Kier molecular flexibility index (Phi) is 4.19. The van der Waals surface area contributed by atoms with Crippen LogP contribution in [0.2, 0.25) is 0 Å². The molecule has 8 nitrogen and oxygen atoms in total. The number of nitrogens with zero attached hydrogens (tertiary/aromatic N) is 1. The number of anilines is 1. The number of aromatic carboxylic acids is 1. The van der Waals surface area contributed by atoms with E-state index in [1.165, 1.54) is 12.1 Å². The Bertz CT molecular complexity index is 499. The van der Waals surface area contributed by atoms with Gasteiger partial charge in [0, 0.05) is 12.6 Å². The number of benzene rings is 1. The van der Waals surface area contributed by atoms with Crippen molar-refractivity contribution in [2.75, 3.05) is 11.9 Å². The molecule has 0 spiro atoms. The van der Waals surface area contributed by atoms with Crippen molar-refractivity contribution in [3.63, 3.8) is 0 Å². The lowest BCUT2D eigenvalue weighted by molar-refractivity contribution is -0.384. The third kappa shape index (κ3) is 3.44. The molecule has 0 radical (unpaired) electrons. The molecule has 1 aromatic carbocycles. The highest BCUT2D eigenvalue weighted by molar-refractivity contribution is 5.89. The number of carboxylic acid groups (broad SMARTS) is 2. The van der Waals surface area contributed by atoms with Crippen LogP contribution in [-0.2, 0) is 4.79 Å². The first-order valence-corrected chi connectivity index (χ1v) is 4.89. The third-order valence-corrected chi connectivity index (χ3v) is 2.10. The Balaban J connectivity index is 2.93. The van der Waals surface area contributed by atoms with Crippen molar-refractivity contribution in [3.05, 3.63) is 33.9 Å². The number of aliphatic carboxylic acids is 1. The van der Waals surface area contributed by atoms with Crippen LogP contribution in [0.5, 0.6) is 0 Å². The molecule has 0 aliphatic rings. The molecule has 0 unspecified atom stereocenters. The van der Waals surface area contributed by atoms with Crippen LogP contribution in [0.15, 0.2) is 18.2 Å². The SMILES string of the molecule is O=C(O)CCNc1ccc(C(=O)O)cc1[N+](=O)[O-]. The predicted octanol–water partition coefficient (Wildman–Crippen LogP) is 1.18. The number of rotatable bonds is 6. The van der Waals surface area contributed by atoms with Crippen LogP contribution < -0.4 is 5.32 Å². The van der Waals surface area contributed by atoms with Gasteiger partial charge in [-0.15, -0.1) is 0 Å². The zero-order chi connectivity index (χ0) is 13.7. The molecule has 0 saturated carbocycles. The van der Waals surface area contributed by atoms with Gasteiger partial charge in [-0.05, 0) is 12.1 Å². The summed E-state index contributed by atoms with van der Waals surface area (Å²) in [7, 11) is 0. The van der Waals surface area contributed by atoms with Crippen LogP contribution in [0.4, 0.5) is 11.4 Å². The topological polar surface area (TPSA) is 130 Å². The van der Waals surface area contributed by atoms with E-state index in [4.69, 9.17) is 10.2 Å². The van der Waals surface area contributed by atoms with E-state index in [1.54, 1.807) is 0 Å². The number of nitrogens with one attached hydrogen (secondary N) is 1. The summed E-state index contributed by atoms with van der Waals surface area (Å²) >= 11 is 0. The summed E-state index contributed by atoms with van der Waals surface area (Å²) in [5, 5.41) is 30.5. The molecular weight excluding hydrogens is 244 g/mol. The van der Waals surface area contributed by atoms with Gasteiger partial charge in [0.15, 0.2) is 0 Å². The number of hydrogen-bond donors (Lipinski definition) is 3. The van der Waals surface area contributed by atoms with Crippen molar-refractivity contribution in [3.8, 4) is 0 Å². The van der Waals surface area contributed by atoms with Crippen LogP contribution in [0.25, 0.3) is 0 Å². The maximum Gasteiger partial charge on any atom is 0.335 e. The summed E-state index contributed by atoms with van der Waals surface area (Å²) < 4.78 is 0. The van der Waals surface area contributed by atoms with E-state index in [1.807, 2.05) is 0 Å². The van der Waals surface area contributed by atoms with Crippen LogP contribution in [0.3, 0.4) is 0 Å². The van der Waals surface area contributed by atoms with Gasteiger partial charge in [0.1, 0.15) is 5.69 Å². The quantitative estimate of drug-likeness (QED) is 0.513. The number of carboxylic acids is 2. The largest absolute Gasteiger partial charge is 0.481 e. The van der Waals surface area contributed by atoms with Crippen molar-refractivity contribution in [1.82, 2.24) is 0 Å². The second-order valence-electron chi connectivity index (χ2n) is 3.36. The summed E-state index contributed by atoms with van der Waals surface area (Å²) in [5.74, 6) is -2.30. The van der Waals surface area contributed by atoms with Gasteiger partial charge in [-0.25, -0.2) is 4.79 Å². The summed E-state index contributed by atoms with van der Waals surface area (Å²) in [6.07, 6.45) is -0.197. The zero-order valence-electron chi connectivity index (χ0n) is 9.12. The summed E-state index contributed by atoms with van der Waals surface area (Å²) in [5.41, 5.74) is -0.517. The van der Waals surface area contributed by atoms with Gasteiger partial charge < -0.3 is 15.5 Å². The Hall–Kier alpha value is -2.64. The van der Waals surface area contributed by atoms with E-state index in [2.05, 4.69) is 5.32 Å². The second-order valence-corrected chi connectivity index (χ2v) is 3.36. The number of nitro groups is 1. The first-order chi connectivity index (χ1) is 8.41. The summed E-state index contributed by atoms with van der Waals surface area (Å²) in [6, 6.07) is 3.37. The molecule has 0 bridgehead atoms. The number of hydrogen-bond acceptors (Lipinski definition) is 5. The van der Waals surface area contributed by atoms with Gasteiger partial charge >= 0.3 is 11.9 Å². The molecule has 18 heavy (non-hydrogen) atoms. The van der Waals surface area contributed by atoms with E-state index in [0.717, 1.165) is 6.07 Å². The van der Waals surface area contributed by atoms with Crippen LogP contribution >= 0.6 is 0 Å². The molecule has 1 aromatic rings. The Labute approximate surface area is 101 Å². The molecular formula is C10H10N2O6. The summed E-state index contributed by atoms with van der Waals surface area (Å²) in [6.45, 7) is 0.0165. The standard InChI is InChI=1S/C10H10N2O6/c13-9(14)3-4-11-7-2-1-6(10(15)16)5-8(7)12(17)18/h1-2,5,11H,3-4H2,(H,13,14)(H,15,16). The van der Waals surface area contributed by atoms with Crippen molar-refractivity contribution < 1.29 is 24.7 Å². The maximum absolute atomic E-state index is 10.7. The Morgan fingerprint density at radius 1 is 1.33 bits per heavy atom. The fraction of sp³-hybridized carbons (Fsp3) is 0.200. The van der Waals surface area contributed by atoms with E-state index >= 15 is 0 Å². The lowest BCUT2D eigenvalue weighted by Crippen LogP contribution is -2.09. The van der Waals surface area contributed by atoms with E-state index in [0.29, 0.717) is 0 Å². The molecule has 0 atom stereocenters. The average Bonchev–Trinajstić information content (AvgIpc) is 2.28. The normalized spacial score (nSPS) is 9.78. The van der Waals surface area contributed by atoms with E-state index < -0.39 is 22.5 Å². The lowest BCUT2D eigenvalue weighted by atomic mass is 10.1. The molecule has 0 amide bonds. The summed E-state index contributed by atoms with van der Waals surface area (Å²) in [4.78, 5) is 31.0. The molecule has 0 aliphatic heterocycles. The van der Waals surface area contributed by atoms with Crippen molar-refractivity contribution in [1.29, 1.82) is 0 Å². The second kappa shape index (κ2) is 5.62. The molecule has 0 fully saturated rings. The van der Waals surface area contributed by atoms with E-state index in [9.17, 15) is 19.7 Å². The van der Waals surface area contributed by atoms with Gasteiger partial charge in [-0.3, -0.25) is 14.9 Å². The fourth-order valence-corrected chi connectivity index (χ4v) is 1.27. The lowest BCUT2D eigenvalue weighted by Gasteiger charge is -2.06. The van der Waals surface area contributed by atoms with Gasteiger partial charge in [0.2, 0.25) is 0 Å². The molecule has 1 rings (SSSR count). The average molecular weight is 254 g/mol. The molecule has 0 aromatic heterocycles. The maximum atomic E-state index is 10.7. The minimum atomic E-state index is -1.27. The van der Waals surface area contributed by atoms with Crippen LogP contribution in [0, 0.1) is 10.1 Å². The first-order valence-electron chi connectivity index (χ1n) is 4.89. The first kappa shape index (κ1) is 13.4. The highest BCUT2D eigenvalue weighted by Gasteiger charge is 2.17. The van der Waals surface area contributed by atoms with Crippen LogP contribution in [0.1, 0.15) is 16.8 Å². The number of carbonyl (C=O) groups is 2. The molecule has 96 valence electrons. The smallest absolute Gasteiger partial charge is 0.335 e. The van der Waals surface area contributed by atoms with Crippen LogP contribution in [-0.4, -0.2) is 33.6 Å². The van der Waals surface area contributed by atoms with Gasteiger partial charge in [-0.1, -0.05) is 0 Å². The minimum absolute atomic E-state index is 0.0165. The van der Waals surface area contributed by atoms with Crippen molar-refractivity contribution >= 4 is 23.3 Å². The highest BCUT2D eigenvalue weighted by atomic mass is 16.6.